The van der Waals surface area contributed by atoms with Gasteiger partial charge >= 0.3 is 8.80 Å². The number of thiazole rings is 1. The molecular formula is C19H31NO3S6Si. The Balaban J connectivity index is 1.68. The van der Waals surface area contributed by atoms with Crippen LogP contribution in [0.2, 0.25) is 6.04 Å². The Bertz CT molecular complexity index is 686. The van der Waals surface area contributed by atoms with Crippen LogP contribution in [0.5, 0.6) is 0 Å². The van der Waals surface area contributed by atoms with Crippen molar-refractivity contribution >= 4 is 81.4 Å². The van der Waals surface area contributed by atoms with Gasteiger partial charge in [-0.25, -0.2) is 4.98 Å². The lowest BCUT2D eigenvalue weighted by Gasteiger charge is -2.34. The summed E-state index contributed by atoms with van der Waals surface area (Å²) in [5.41, 5.74) is 1.08. The first-order valence-corrected chi connectivity index (χ1v) is 19.0. The van der Waals surface area contributed by atoms with Crippen molar-refractivity contribution in [3.05, 3.63) is 24.3 Å². The molecule has 30 heavy (non-hydrogen) atoms. The molecule has 0 aliphatic heterocycles. The van der Waals surface area contributed by atoms with E-state index in [1.807, 2.05) is 26.7 Å². The number of nitrogens with zero attached hydrogens (tertiary/aromatic N) is 1. The van der Waals surface area contributed by atoms with E-state index in [9.17, 15) is 0 Å². The van der Waals surface area contributed by atoms with Crippen molar-refractivity contribution in [1.82, 2.24) is 4.98 Å². The molecule has 0 spiro atoms. The Kier molecular flexibility index (Phi) is 12.9. The zero-order valence-electron chi connectivity index (χ0n) is 18.3. The third-order valence-corrected chi connectivity index (χ3v) is 16.8. The fourth-order valence-corrected chi connectivity index (χ4v) is 16.3. The second-order valence-electron chi connectivity index (χ2n) is 7.34. The first-order valence-electron chi connectivity index (χ1n) is 9.98. The van der Waals surface area contributed by atoms with Crippen LogP contribution in [0.25, 0.3) is 10.2 Å². The molecule has 4 nitrogen and oxygen atoms in total. The van der Waals surface area contributed by atoms with Crippen LogP contribution in [0.3, 0.4) is 0 Å². The molecule has 0 saturated heterocycles. The third kappa shape index (κ3) is 10.3. The molecule has 11 heteroatoms. The Labute approximate surface area is 205 Å². The molecule has 0 fully saturated rings. The number of para-hydroxylation sites is 1. The molecule has 0 atom stereocenters. The van der Waals surface area contributed by atoms with Crippen molar-refractivity contribution in [3.63, 3.8) is 0 Å². The van der Waals surface area contributed by atoms with Crippen LogP contribution in [0.4, 0.5) is 0 Å². The fourth-order valence-electron chi connectivity index (χ4n) is 2.68. The lowest BCUT2D eigenvalue weighted by Crippen LogP contribution is -2.50. The number of fused-ring (bicyclic) bond motifs is 1. The van der Waals surface area contributed by atoms with Crippen LogP contribution in [-0.4, -0.2) is 37.9 Å². The van der Waals surface area contributed by atoms with Gasteiger partial charge in [-0.1, -0.05) is 22.9 Å². The minimum Gasteiger partial charge on any atom is -0.371 e. The van der Waals surface area contributed by atoms with E-state index in [0.717, 1.165) is 28.1 Å². The largest absolute Gasteiger partial charge is 0.501 e. The van der Waals surface area contributed by atoms with Gasteiger partial charge in [0.05, 0.1) is 10.2 Å². The quantitative estimate of drug-likeness (QED) is 0.125. The van der Waals surface area contributed by atoms with Gasteiger partial charge in [-0.05, 0) is 100 Å². The SMILES string of the molecule is CC(C)O[Si](CCCSSSSSc1nc2ccccc2s1)(OC(C)C)OC(C)C. The van der Waals surface area contributed by atoms with Gasteiger partial charge in [0.15, 0.2) is 4.34 Å². The summed E-state index contributed by atoms with van der Waals surface area (Å²) in [6.07, 6.45) is 1.32. The lowest BCUT2D eigenvalue weighted by atomic mass is 10.3. The van der Waals surface area contributed by atoms with Crippen LogP contribution >= 0.6 is 62.4 Å². The summed E-state index contributed by atoms with van der Waals surface area (Å²) < 4.78 is 21.1. The highest BCUT2D eigenvalue weighted by Crippen LogP contribution is 2.52. The zero-order chi connectivity index (χ0) is 22.0. The predicted octanol–water partition coefficient (Wildman–Crippen LogP) is 8.59. The number of rotatable bonds is 15. The van der Waals surface area contributed by atoms with Crippen molar-refractivity contribution in [3.8, 4) is 0 Å². The zero-order valence-corrected chi connectivity index (χ0v) is 24.2. The van der Waals surface area contributed by atoms with Crippen LogP contribution in [-0.2, 0) is 13.3 Å². The number of benzene rings is 1. The second-order valence-corrected chi connectivity index (χ2v) is 18.9. The van der Waals surface area contributed by atoms with E-state index in [1.54, 1.807) is 41.8 Å². The normalized spacial score (nSPS) is 12.7. The highest BCUT2D eigenvalue weighted by atomic mass is 33.8. The van der Waals surface area contributed by atoms with E-state index in [0.29, 0.717) is 0 Å². The second kappa shape index (κ2) is 14.3. The molecule has 170 valence electrons. The summed E-state index contributed by atoms with van der Waals surface area (Å²) in [4.78, 5) is 4.65. The Morgan fingerprint density at radius 2 is 1.53 bits per heavy atom. The summed E-state index contributed by atoms with van der Waals surface area (Å²) in [7, 11) is 6.32. The summed E-state index contributed by atoms with van der Waals surface area (Å²) in [6, 6.07) is 9.14. The molecule has 1 heterocycles. The predicted molar refractivity (Wildman–Crippen MR) is 145 cm³/mol. The Morgan fingerprint density at radius 3 is 2.13 bits per heavy atom. The molecule has 2 aromatic rings. The highest BCUT2D eigenvalue weighted by Gasteiger charge is 2.43. The van der Waals surface area contributed by atoms with Crippen molar-refractivity contribution < 1.29 is 13.3 Å². The molecule has 0 radical (unpaired) electrons. The average molecular weight is 542 g/mol. The Hall–Kier alpha value is 0.957. The van der Waals surface area contributed by atoms with E-state index < -0.39 is 8.80 Å². The highest BCUT2D eigenvalue weighted by molar-refractivity contribution is 9.35. The maximum atomic E-state index is 6.24. The van der Waals surface area contributed by atoms with E-state index in [-0.39, 0.29) is 18.3 Å². The lowest BCUT2D eigenvalue weighted by molar-refractivity contribution is 0.00319. The molecule has 0 N–H and O–H groups in total. The third-order valence-electron chi connectivity index (χ3n) is 3.44. The molecule has 0 aliphatic rings. The van der Waals surface area contributed by atoms with Crippen LogP contribution in [0, 0.1) is 0 Å². The van der Waals surface area contributed by atoms with Gasteiger partial charge in [0.25, 0.3) is 0 Å². The maximum absolute atomic E-state index is 6.24. The molecule has 1 aromatic carbocycles. The van der Waals surface area contributed by atoms with Gasteiger partial charge in [0.2, 0.25) is 0 Å². The summed E-state index contributed by atoms with van der Waals surface area (Å²) in [5.74, 6) is 1.04. The minimum atomic E-state index is -2.67. The smallest absolute Gasteiger partial charge is 0.371 e. The number of aromatic nitrogens is 1. The van der Waals surface area contributed by atoms with Gasteiger partial charge in [-0.3, -0.25) is 0 Å². The van der Waals surface area contributed by atoms with Gasteiger partial charge in [0, 0.05) is 30.1 Å². The van der Waals surface area contributed by atoms with Gasteiger partial charge in [-0.2, -0.15) is 0 Å². The average Bonchev–Trinajstić information content (AvgIpc) is 3.04. The molecule has 1 aromatic heterocycles. The molecule has 2 rings (SSSR count). The van der Waals surface area contributed by atoms with Gasteiger partial charge in [-0.15, -0.1) is 11.3 Å². The summed E-state index contributed by atoms with van der Waals surface area (Å²) in [6.45, 7) is 12.3. The van der Waals surface area contributed by atoms with Crippen LogP contribution in [0.1, 0.15) is 48.0 Å². The number of hydrogen-bond donors (Lipinski definition) is 0. The van der Waals surface area contributed by atoms with Crippen molar-refractivity contribution in [2.24, 2.45) is 0 Å². The summed E-state index contributed by atoms with van der Waals surface area (Å²) >= 11 is 1.75. The first-order chi connectivity index (χ1) is 14.3. The topological polar surface area (TPSA) is 40.6 Å². The van der Waals surface area contributed by atoms with E-state index >= 15 is 0 Å². The molecule has 0 bridgehead atoms. The van der Waals surface area contributed by atoms with Crippen LogP contribution < -0.4 is 0 Å². The fraction of sp³-hybridized carbons (Fsp3) is 0.632. The Morgan fingerprint density at radius 1 is 0.900 bits per heavy atom. The molecule has 0 aliphatic carbocycles. The van der Waals surface area contributed by atoms with E-state index in [1.165, 1.54) is 4.70 Å². The molecule has 0 amide bonds. The monoisotopic (exact) mass is 541 g/mol. The van der Waals surface area contributed by atoms with Gasteiger partial charge < -0.3 is 13.3 Å². The van der Waals surface area contributed by atoms with Crippen molar-refractivity contribution in [1.29, 1.82) is 0 Å². The van der Waals surface area contributed by atoms with E-state index in [2.05, 4.69) is 64.7 Å². The number of hydrogen-bond acceptors (Lipinski definition) is 10. The summed E-state index contributed by atoms with van der Waals surface area (Å²) in [5, 5.41) is 0. The van der Waals surface area contributed by atoms with Crippen molar-refractivity contribution in [2.45, 2.75) is 76.7 Å². The van der Waals surface area contributed by atoms with Crippen molar-refractivity contribution in [2.75, 3.05) is 5.75 Å². The molecular weight excluding hydrogens is 511 g/mol. The maximum Gasteiger partial charge on any atom is 0.501 e. The first kappa shape index (κ1) is 27.2. The van der Waals surface area contributed by atoms with Gasteiger partial charge in [0.1, 0.15) is 0 Å². The van der Waals surface area contributed by atoms with E-state index in [4.69, 9.17) is 13.3 Å². The minimum absolute atomic E-state index is 0.0997. The molecule has 0 unspecified atom stereocenters. The standard InChI is InChI=1S/C19H31NO3S6Si/c1-14(2)21-30(22-15(3)4,23-16(5)6)13-9-12-24-27-29-28-26-19-20-17-10-7-8-11-18(17)25-19/h7-8,10-11,14-16H,9,12-13H2,1-6H3. The van der Waals surface area contributed by atoms with Crippen LogP contribution in [0.15, 0.2) is 28.6 Å². The molecule has 0 saturated carbocycles.